The molecule has 0 bridgehead atoms. The van der Waals surface area contributed by atoms with Crippen molar-refractivity contribution in [1.82, 2.24) is 0 Å². The minimum atomic E-state index is -0.354. The first-order chi connectivity index (χ1) is 12.7. The van der Waals surface area contributed by atoms with Crippen molar-refractivity contribution in [2.45, 2.75) is 16.1 Å². The molecule has 0 aromatic heterocycles. The Balaban J connectivity index is 1.72. The Morgan fingerprint density at radius 1 is 0.731 bits per heavy atom. The molecule has 0 spiro atoms. The third kappa shape index (κ3) is 5.38. The summed E-state index contributed by atoms with van der Waals surface area (Å²) in [5, 5.41) is 10.9. The number of non-ortho nitro benzene ring substituents is 1. The van der Waals surface area contributed by atoms with Crippen molar-refractivity contribution < 1.29 is 4.92 Å². The van der Waals surface area contributed by atoms with E-state index in [4.69, 9.17) is 0 Å². The van der Waals surface area contributed by atoms with Crippen LogP contribution in [0.25, 0.3) is 0 Å². The molecule has 3 rings (SSSR count). The van der Waals surface area contributed by atoms with Crippen LogP contribution >= 0.6 is 23.5 Å². The number of nitrogens with zero attached hydrogens (tertiary/aromatic N) is 1. The summed E-state index contributed by atoms with van der Waals surface area (Å²) in [7, 11) is 0. The minimum absolute atomic E-state index is 0.133. The van der Waals surface area contributed by atoms with Crippen molar-refractivity contribution in [2.75, 3.05) is 0 Å². The maximum Gasteiger partial charge on any atom is 0.269 e. The third-order valence-electron chi connectivity index (χ3n) is 3.86. The number of rotatable bonds is 8. The molecule has 3 nitrogen and oxygen atoms in total. The fraction of sp³-hybridized carbons (Fsp3) is 0.143. The number of nitro benzene ring substituents is 1. The highest BCUT2D eigenvalue weighted by atomic mass is 32.2. The van der Waals surface area contributed by atoms with Gasteiger partial charge in [-0.05, 0) is 16.7 Å². The summed E-state index contributed by atoms with van der Waals surface area (Å²) in [6.45, 7) is 0. The SMILES string of the molecule is O=[N+]([O-])c1ccc(C(SCc2ccccc2)SCc2ccccc2)cc1. The number of benzene rings is 3. The first-order valence-electron chi connectivity index (χ1n) is 8.28. The lowest BCUT2D eigenvalue weighted by atomic mass is 10.2. The number of hydrogen-bond donors (Lipinski definition) is 0. The Kier molecular flexibility index (Phi) is 6.75. The molecule has 0 amide bonds. The van der Waals surface area contributed by atoms with E-state index in [0.29, 0.717) is 0 Å². The molecule has 26 heavy (non-hydrogen) atoms. The summed E-state index contributed by atoms with van der Waals surface area (Å²) in [5.41, 5.74) is 3.81. The average Bonchev–Trinajstić information content (AvgIpc) is 2.70. The van der Waals surface area contributed by atoms with Gasteiger partial charge in [-0.3, -0.25) is 10.1 Å². The number of thioether (sulfide) groups is 2. The van der Waals surface area contributed by atoms with Gasteiger partial charge in [-0.25, -0.2) is 0 Å². The van der Waals surface area contributed by atoms with Gasteiger partial charge in [-0.2, -0.15) is 0 Å². The largest absolute Gasteiger partial charge is 0.269 e. The van der Waals surface area contributed by atoms with Crippen molar-refractivity contribution in [3.8, 4) is 0 Å². The topological polar surface area (TPSA) is 43.1 Å². The van der Waals surface area contributed by atoms with Crippen molar-refractivity contribution in [3.05, 3.63) is 112 Å². The van der Waals surface area contributed by atoms with Crippen molar-refractivity contribution in [2.24, 2.45) is 0 Å². The quantitative estimate of drug-likeness (QED) is 0.255. The molecule has 3 aromatic rings. The van der Waals surface area contributed by atoms with E-state index in [1.54, 1.807) is 12.1 Å². The molecule has 0 atom stereocenters. The van der Waals surface area contributed by atoms with Crippen LogP contribution < -0.4 is 0 Å². The summed E-state index contributed by atoms with van der Waals surface area (Å²) >= 11 is 3.71. The molecule has 0 saturated heterocycles. The number of nitro groups is 1. The fourth-order valence-electron chi connectivity index (χ4n) is 2.49. The lowest BCUT2D eigenvalue weighted by molar-refractivity contribution is -0.384. The van der Waals surface area contributed by atoms with Gasteiger partial charge in [-0.1, -0.05) is 72.8 Å². The van der Waals surface area contributed by atoms with Gasteiger partial charge >= 0.3 is 0 Å². The van der Waals surface area contributed by atoms with E-state index in [-0.39, 0.29) is 15.2 Å². The third-order valence-corrected chi connectivity index (χ3v) is 6.83. The molecule has 0 fully saturated rings. The summed E-state index contributed by atoms with van der Waals surface area (Å²) in [6.07, 6.45) is 0. The lowest BCUT2D eigenvalue weighted by Crippen LogP contribution is -1.94. The van der Waals surface area contributed by atoms with Gasteiger partial charge in [0.05, 0.1) is 9.51 Å². The zero-order valence-corrected chi connectivity index (χ0v) is 15.8. The first kappa shape index (κ1) is 18.5. The molecule has 0 heterocycles. The zero-order chi connectivity index (χ0) is 18.2. The van der Waals surface area contributed by atoms with Gasteiger partial charge in [0.15, 0.2) is 0 Å². The normalized spacial score (nSPS) is 10.8. The highest BCUT2D eigenvalue weighted by Gasteiger charge is 2.15. The van der Waals surface area contributed by atoms with E-state index in [1.165, 1.54) is 11.1 Å². The average molecular weight is 382 g/mol. The zero-order valence-electron chi connectivity index (χ0n) is 14.2. The van der Waals surface area contributed by atoms with Gasteiger partial charge in [0.1, 0.15) is 0 Å². The lowest BCUT2D eigenvalue weighted by Gasteiger charge is -2.17. The smallest absolute Gasteiger partial charge is 0.258 e. The molecule has 5 heteroatoms. The van der Waals surface area contributed by atoms with Gasteiger partial charge in [0.25, 0.3) is 5.69 Å². The van der Waals surface area contributed by atoms with Crippen molar-refractivity contribution in [3.63, 3.8) is 0 Å². The Labute approximate surface area is 162 Å². The van der Waals surface area contributed by atoms with Crippen LogP contribution in [0.2, 0.25) is 0 Å². The van der Waals surface area contributed by atoms with Crippen LogP contribution in [0, 0.1) is 10.1 Å². The van der Waals surface area contributed by atoms with Gasteiger partial charge in [-0.15, -0.1) is 23.5 Å². The van der Waals surface area contributed by atoms with E-state index in [0.717, 1.165) is 17.1 Å². The molecular formula is C21H19NO2S2. The second-order valence-corrected chi connectivity index (χ2v) is 8.26. The summed E-state index contributed by atoms with van der Waals surface area (Å²) in [6, 6.07) is 27.7. The molecular weight excluding hydrogens is 362 g/mol. The summed E-state index contributed by atoms with van der Waals surface area (Å²) < 4.78 is 0.219. The molecule has 3 aromatic carbocycles. The van der Waals surface area contributed by atoms with E-state index >= 15 is 0 Å². The predicted molar refractivity (Wildman–Crippen MR) is 111 cm³/mol. The second-order valence-electron chi connectivity index (χ2n) is 5.77. The van der Waals surface area contributed by atoms with Crippen LogP contribution in [0.15, 0.2) is 84.9 Å². The Hall–Kier alpha value is -2.24. The van der Waals surface area contributed by atoms with E-state index in [1.807, 2.05) is 72.1 Å². The number of hydrogen-bond acceptors (Lipinski definition) is 4. The van der Waals surface area contributed by atoms with E-state index in [2.05, 4.69) is 24.3 Å². The maximum absolute atomic E-state index is 10.9. The highest BCUT2D eigenvalue weighted by Crippen LogP contribution is 2.43. The Morgan fingerprint density at radius 2 is 1.19 bits per heavy atom. The van der Waals surface area contributed by atoms with Crippen LogP contribution in [0.4, 0.5) is 5.69 Å². The second kappa shape index (κ2) is 9.46. The Morgan fingerprint density at radius 3 is 1.62 bits per heavy atom. The highest BCUT2D eigenvalue weighted by molar-refractivity contribution is 8.15. The molecule has 0 N–H and O–H groups in total. The van der Waals surface area contributed by atoms with Crippen molar-refractivity contribution in [1.29, 1.82) is 0 Å². The summed E-state index contributed by atoms with van der Waals surface area (Å²) in [4.78, 5) is 10.5. The Bertz CT molecular complexity index is 780. The molecule has 0 unspecified atom stereocenters. The van der Waals surface area contributed by atoms with Crippen LogP contribution in [-0.4, -0.2) is 4.92 Å². The van der Waals surface area contributed by atoms with Crippen LogP contribution in [0.3, 0.4) is 0 Å². The molecule has 0 radical (unpaired) electrons. The molecule has 0 aliphatic rings. The van der Waals surface area contributed by atoms with E-state index < -0.39 is 0 Å². The van der Waals surface area contributed by atoms with Gasteiger partial charge < -0.3 is 0 Å². The maximum atomic E-state index is 10.9. The standard InChI is InChI=1S/C21H19NO2S2/c23-22(24)20-13-11-19(12-14-20)21(25-15-17-7-3-1-4-8-17)26-16-18-9-5-2-6-10-18/h1-14,21H,15-16H2. The fourth-order valence-corrected chi connectivity index (χ4v) is 5.05. The van der Waals surface area contributed by atoms with Crippen LogP contribution in [-0.2, 0) is 11.5 Å². The minimum Gasteiger partial charge on any atom is -0.258 e. The van der Waals surface area contributed by atoms with Gasteiger partial charge in [0.2, 0.25) is 0 Å². The van der Waals surface area contributed by atoms with E-state index in [9.17, 15) is 10.1 Å². The molecule has 0 saturated carbocycles. The van der Waals surface area contributed by atoms with Crippen molar-refractivity contribution >= 4 is 29.2 Å². The summed E-state index contributed by atoms with van der Waals surface area (Å²) in [5.74, 6) is 1.81. The van der Waals surface area contributed by atoms with Crippen LogP contribution in [0.1, 0.15) is 21.3 Å². The molecule has 132 valence electrons. The molecule has 0 aliphatic carbocycles. The van der Waals surface area contributed by atoms with Crippen LogP contribution in [0.5, 0.6) is 0 Å². The predicted octanol–water partition coefficient (Wildman–Crippen LogP) is 6.46. The molecule has 0 aliphatic heterocycles. The van der Waals surface area contributed by atoms with Gasteiger partial charge in [0, 0.05) is 23.6 Å². The first-order valence-corrected chi connectivity index (χ1v) is 10.4. The monoisotopic (exact) mass is 381 g/mol.